The fourth-order valence-corrected chi connectivity index (χ4v) is 2.76. The highest BCUT2D eigenvalue weighted by Crippen LogP contribution is 2.34. The fraction of sp³-hybridized carbons (Fsp3) is 0.100. The second kappa shape index (κ2) is 7.03. The number of hydrogen-bond acceptors (Lipinski definition) is 4. The smallest absolute Gasteiger partial charge is 0.221 e. The van der Waals surface area contributed by atoms with Crippen molar-refractivity contribution in [3.8, 4) is 28.6 Å². The second-order valence-electron chi connectivity index (χ2n) is 5.72. The molecule has 0 fully saturated rings. The minimum absolute atomic E-state index is 0.107. The van der Waals surface area contributed by atoms with Crippen LogP contribution in [0.5, 0.6) is 17.4 Å². The van der Waals surface area contributed by atoms with Gasteiger partial charge in [-0.2, -0.15) is 10.1 Å². The van der Waals surface area contributed by atoms with Crippen molar-refractivity contribution in [1.29, 1.82) is 0 Å². The van der Waals surface area contributed by atoms with E-state index in [9.17, 15) is 8.78 Å². The van der Waals surface area contributed by atoms with E-state index in [1.165, 1.54) is 6.07 Å². The van der Waals surface area contributed by atoms with Crippen LogP contribution in [0.1, 0.15) is 6.92 Å². The summed E-state index contributed by atoms with van der Waals surface area (Å²) in [7, 11) is 0. The highest BCUT2D eigenvalue weighted by atomic mass is 19.1. The van der Waals surface area contributed by atoms with Crippen molar-refractivity contribution in [2.24, 2.45) is 0 Å². The van der Waals surface area contributed by atoms with Crippen LogP contribution in [0.15, 0.2) is 54.6 Å². The number of nitrogens with zero attached hydrogens (tertiary/aromatic N) is 2. The van der Waals surface area contributed by atoms with Gasteiger partial charge in [-0.25, -0.2) is 8.78 Å². The largest absolute Gasteiger partial charge is 0.493 e. The summed E-state index contributed by atoms with van der Waals surface area (Å²) < 4.78 is 37.9. The number of rotatable bonds is 5. The molecule has 0 unspecified atom stereocenters. The Balaban J connectivity index is 1.70. The monoisotopic (exact) mass is 367 g/mol. The Morgan fingerprint density at radius 3 is 2.67 bits per heavy atom. The molecule has 0 bridgehead atoms. The molecule has 2 heterocycles. The van der Waals surface area contributed by atoms with Crippen molar-refractivity contribution in [2.45, 2.75) is 6.92 Å². The molecule has 0 amide bonds. The number of benzene rings is 2. The average Bonchev–Trinajstić information content (AvgIpc) is 3.08. The molecule has 0 aliphatic rings. The van der Waals surface area contributed by atoms with E-state index in [2.05, 4.69) is 15.2 Å². The van der Waals surface area contributed by atoms with E-state index in [0.29, 0.717) is 17.9 Å². The first-order chi connectivity index (χ1) is 13.2. The van der Waals surface area contributed by atoms with E-state index in [4.69, 9.17) is 9.47 Å². The summed E-state index contributed by atoms with van der Waals surface area (Å²) in [6.45, 7) is 2.46. The topological polar surface area (TPSA) is 60.0 Å². The number of ether oxygens (including phenoxy) is 2. The molecule has 0 radical (unpaired) electrons. The molecule has 4 rings (SSSR count). The van der Waals surface area contributed by atoms with E-state index in [0.717, 1.165) is 28.8 Å². The molecule has 0 aliphatic heterocycles. The van der Waals surface area contributed by atoms with Crippen molar-refractivity contribution >= 4 is 11.0 Å². The summed E-state index contributed by atoms with van der Waals surface area (Å²) in [4.78, 5) is 4.31. The molecule has 0 saturated carbocycles. The van der Waals surface area contributed by atoms with Gasteiger partial charge in [-0.15, -0.1) is 0 Å². The molecule has 4 aromatic rings. The van der Waals surface area contributed by atoms with Gasteiger partial charge in [0.1, 0.15) is 17.3 Å². The maximum absolute atomic E-state index is 13.8. The van der Waals surface area contributed by atoms with Crippen LogP contribution in [0, 0.1) is 11.6 Å². The lowest BCUT2D eigenvalue weighted by molar-refractivity contribution is 0.341. The number of fused-ring (bicyclic) bond motifs is 1. The lowest BCUT2D eigenvalue weighted by Gasteiger charge is -2.08. The molecule has 0 spiro atoms. The first kappa shape index (κ1) is 17.0. The summed E-state index contributed by atoms with van der Waals surface area (Å²) in [5, 5.41) is 7.97. The van der Waals surface area contributed by atoms with E-state index in [1.807, 2.05) is 31.2 Å². The van der Waals surface area contributed by atoms with Crippen molar-refractivity contribution in [3.63, 3.8) is 0 Å². The molecule has 136 valence electrons. The summed E-state index contributed by atoms with van der Waals surface area (Å²) in [5.74, 6) is -0.685. The molecule has 2 aromatic heterocycles. The zero-order valence-electron chi connectivity index (χ0n) is 14.4. The Hall–Kier alpha value is -3.48. The second-order valence-corrected chi connectivity index (χ2v) is 5.72. The van der Waals surface area contributed by atoms with Crippen LogP contribution >= 0.6 is 0 Å². The number of aromatic nitrogens is 3. The zero-order chi connectivity index (χ0) is 18.8. The third-order valence-corrected chi connectivity index (χ3v) is 3.95. The summed E-state index contributed by atoms with van der Waals surface area (Å²) in [5.41, 5.74) is 2.02. The van der Waals surface area contributed by atoms with E-state index >= 15 is 0 Å². The summed E-state index contributed by atoms with van der Waals surface area (Å²) in [6, 6.07) is 14.1. The molecule has 0 aliphatic carbocycles. The van der Waals surface area contributed by atoms with Gasteiger partial charge in [0.2, 0.25) is 5.88 Å². The van der Waals surface area contributed by atoms with Crippen LogP contribution in [0.25, 0.3) is 22.3 Å². The minimum Gasteiger partial charge on any atom is -0.493 e. The number of nitrogens with one attached hydrogen (secondary N) is 1. The van der Waals surface area contributed by atoms with Crippen LogP contribution in [-0.4, -0.2) is 21.8 Å². The molecular formula is C20H15F2N3O2. The van der Waals surface area contributed by atoms with Gasteiger partial charge in [-0.05, 0) is 37.3 Å². The van der Waals surface area contributed by atoms with Gasteiger partial charge in [0.15, 0.2) is 17.2 Å². The van der Waals surface area contributed by atoms with Crippen molar-refractivity contribution in [1.82, 2.24) is 15.2 Å². The predicted octanol–water partition coefficient (Wildman–Crippen LogP) is 5.09. The molecule has 5 nitrogen and oxygen atoms in total. The van der Waals surface area contributed by atoms with Crippen LogP contribution in [0.2, 0.25) is 0 Å². The standard InChI is InChI=1S/C20H15F2N3O2/c1-2-26-16-6-4-3-5-13(16)19-14-8-10-18(23-20(14)25-24-19)27-17-9-7-12(21)11-15(17)22/h3-11H,2H2,1H3,(H,23,24,25). The Morgan fingerprint density at radius 2 is 1.85 bits per heavy atom. The van der Waals surface area contributed by atoms with E-state index in [-0.39, 0.29) is 11.6 Å². The van der Waals surface area contributed by atoms with Gasteiger partial charge in [0.25, 0.3) is 0 Å². The quantitative estimate of drug-likeness (QED) is 0.533. The lowest BCUT2D eigenvalue weighted by atomic mass is 10.1. The maximum atomic E-state index is 13.8. The van der Waals surface area contributed by atoms with Crippen LogP contribution < -0.4 is 9.47 Å². The molecule has 0 saturated heterocycles. The lowest BCUT2D eigenvalue weighted by Crippen LogP contribution is -1.94. The van der Waals surface area contributed by atoms with Gasteiger partial charge < -0.3 is 9.47 Å². The number of hydrogen-bond donors (Lipinski definition) is 1. The fourth-order valence-electron chi connectivity index (χ4n) is 2.76. The Morgan fingerprint density at radius 1 is 1.00 bits per heavy atom. The number of aromatic amines is 1. The number of para-hydroxylation sites is 1. The van der Waals surface area contributed by atoms with Gasteiger partial charge in [0.05, 0.1) is 6.61 Å². The van der Waals surface area contributed by atoms with E-state index < -0.39 is 11.6 Å². The van der Waals surface area contributed by atoms with Crippen molar-refractivity contribution in [3.05, 3.63) is 66.2 Å². The van der Waals surface area contributed by atoms with Gasteiger partial charge in [0, 0.05) is 23.1 Å². The minimum atomic E-state index is -0.798. The first-order valence-electron chi connectivity index (χ1n) is 8.36. The van der Waals surface area contributed by atoms with Crippen molar-refractivity contribution < 1.29 is 18.3 Å². The maximum Gasteiger partial charge on any atom is 0.221 e. The van der Waals surface area contributed by atoms with Crippen LogP contribution in [0.4, 0.5) is 8.78 Å². The highest BCUT2D eigenvalue weighted by Gasteiger charge is 2.15. The van der Waals surface area contributed by atoms with Crippen LogP contribution in [-0.2, 0) is 0 Å². The van der Waals surface area contributed by atoms with Gasteiger partial charge >= 0.3 is 0 Å². The predicted molar refractivity (Wildman–Crippen MR) is 96.9 cm³/mol. The average molecular weight is 367 g/mol. The summed E-state index contributed by atoms with van der Waals surface area (Å²) in [6.07, 6.45) is 0. The Bertz CT molecular complexity index is 1110. The molecular weight excluding hydrogens is 352 g/mol. The third-order valence-electron chi connectivity index (χ3n) is 3.95. The van der Waals surface area contributed by atoms with Crippen molar-refractivity contribution in [2.75, 3.05) is 6.61 Å². The third kappa shape index (κ3) is 3.31. The molecule has 0 atom stereocenters. The molecule has 27 heavy (non-hydrogen) atoms. The molecule has 2 aromatic carbocycles. The normalized spacial score (nSPS) is 10.9. The van der Waals surface area contributed by atoms with Crippen LogP contribution in [0.3, 0.4) is 0 Å². The SMILES string of the molecule is CCOc1ccccc1-c1n[nH]c2nc(Oc3ccc(F)cc3F)ccc12. The Kier molecular flexibility index (Phi) is 4.42. The summed E-state index contributed by atoms with van der Waals surface area (Å²) >= 11 is 0. The highest BCUT2D eigenvalue weighted by molar-refractivity contribution is 5.92. The number of halogens is 2. The number of pyridine rings is 1. The first-order valence-corrected chi connectivity index (χ1v) is 8.36. The molecule has 1 N–H and O–H groups in total. The van der Waals surface area contributed by atoms with Gasteiger partial charge in [-0.3, -0.25) is 5.10 Å². The van der Waals surface area contributed by atoms with Gasteiger partial charge in [-0.1, -0.05) is 12.1 Å². The van der Waals surface area contributed by atoms with E-state index in [1.54, 1.807) is 12.1 Å². The zero-order valence-corrected chi connectivity index (χ0v) is 14.4. The molecule has 7 heteroatoms. The Labute approximate surface area is 153 Å². The number of H-pyrrole nitrogens is 1.